The molecular weight excluding hydrogens is 356 g/mol. The van der Waals surface area contributed by atoms with Gasteiger partial charge in [-0.05, 0) is 52.2 Å². The minimum atomic E-state index is -3.81. The number of hydrogen-bond donors (Lipinski definition) is 1. The van der Waals surface area contributed by atoms with Gasteiger partial charge in [0.05, 0.1) is 4.90 Å². The van der Waals surface area contributed by atoms with Gasteiger partial charge in [-0.15, -0.1) is 0 Å². The number of piperidine rings is 1. The number of benzene rings is 1. The predicted molar refractivity (Wildman–Crippen MR) is 96.9 cm³/mol. The quantitative estimate of drug-likeness (QED) is 0.755. The number of esters is 1. The zero-order valence-electron chi connectivity index (χ0n) is 15.4. The van der Waals surface area contributed by atoms with Crippen molar-refractivity contribution in [1.82, 2.24) is 9.62 Å². The van der Waals surface area contributed by atoms with Gasteiger partial charge >= 0.3 is 5.97 Å². The lowest BCUT2D eigenvalue weighted by atomic mass is 10.1. The first-order valence-electron chi connectivity index (χ1n) is 8.84. The molecule has 0 aliphatic carbocycles. The molecule has 0 spiro atoms. The number of nitrogens with zero attached hydrogens (tertiary/aromatic N) is 1. The summed E-state index contributed by atoms with van der Waals surface area (Å²) in [5.74, 6) is -1.08. The lowest BCUT2D eigenvalue weighted by Gasteiger charge is -2.33. The highest BCUT2D eigenvalue weighted by Gasteiger charge is 2.39. The minimum Gasteiger partial charge on any atom is -0.451 e. The van der Waals surface area contributed by atoms with Gasteiger partial charge in [0.1, 0.15) is 6.04 Å². The fourth-order valence-corrected chi connectivity index (χ4v) is 4.54. The summed E-state index contributed by atoms with van der Waals surface area (Å²) in [6.07, 6.45) is 0.829. The van der Waals surface area contributed by atoms with E-state index in [1.807, 2.05) is 6.92 Å². The molecule has 1 N–H and O–H groups in total. The van der Waals surface area contributed by atoms with Gasteiger partial charge < -0.3 is 10.1 Å². The van der Waals surface area contributed by atoms with E-state index in [4.69, 9.17) is 4.74 Å². The van der Waals surface area contributed by atoms with Gasteiger partial charge in [0.15, 0.2) is 6.10 Å². The standard InChI is InChI=1S/C18H26N2O5S/c1-4-19-17(21)14(3)25-18(22)16-7-5-6-12-20(16)26(23,24)15-10-8-13(2)9-11-15/h8-11,14,16H,4-7,12H2,1-3H3,(H,19,21)/t14-,16-/m1/s1. The van der Waals surface area contributed by atoms with Crippen molar-refractivity contribution >= 4 is 21.9 Å². The molecule has 8 heteroatoms. The number of nitrogens with one attached hydrogen (secondary N) is 1. The summed E-state index contributed by atoms with van der Waals surface area (Å²) in [5.41, 5.74) is 0.953. The van der Waals surface area contributed by atoms with Gasteiger partial charge in [0, 0.05) is 13.1 Å². The molecule has 2 rings (SSSR count). The van der Waals surface area contributed by atoms with Crippen LogP contribution in [0.2, 0.25) is 0 Å². The Bertz CT molecular complexity index is 745. The summed E-state index contributed by atoms with van der Waals surface area (Å²) in [4.78, 5) is 24.5. The Kier molecular flexibility index (Phi) is 6.77. The first-order valence-corrected chi connectivity index (χ1v) is 10.3. The Morgan fingerprint density at radius 3 is 2.54 bits per heavy atom. The fraction of sp³-hybridized carbons (Fsp3) is 0.556. The molecular formula is C18H26N2O5S. The lowest BCUT2D eigenvalue weighted by molar-refractivity contribution is -0.159. The second-order valence-electron chi connectivity index (χ2n) is 6.41. The maximum atomic E-state index is 13.0. The monoisotopic (exact) mass is 382 g/mol. The third-order valence-corrected chi connectivity index (χ3v) is 6.29. The number of rotatable bonds is 6. The van der Waals surface area contributed by atoms with Crippen molar-refractivity contribution in [3.63, 3.8) is 0 Å². The van der Waals surface area contributed by atoms with Crippen molar-refractivity contribution in [2.45, 2.75) is 57.1 Å². The summed E-state index contributed by atoms with van der Waals surface area (Å²) in [5, 5.41) is 2.58. The van der Waals surface area contributed by atoms with Crippen LogP contribution in [0.4, 0.5) is 0 Å². The summed E-state index contributed by atoms with van der Waals surface area (Å²) in [7, 11) is -3.81. The van der Waals surface area contributed by atoms with Gasteiger partial charge in [-0.2, -0.15) is 4.31 Å². The number of likely N-dealkylation sites (N-methyl/N-ethyl adjacent to an activating group) is 1. The maximum absolute atomic E-state index is 13.0. The zero-order valence-corrected chi connectivity index (χ0v) is 16.2. The Labute approximate surface area is 154 Å². The lowest BCUT2D eigenvalue weighted by Crippen LogP contribution is -2.50. The number of carbonyl (C=O) groups is 2. The predicted octanol–water partition coefficient (Wildman–Crippen LogP) is 1.61. The summed E-state index contributed by atoms with van der Waals surface area (Å²) < 4.78 is 32.4. The molecule has 1 aromatic rings. The molecule has 1 aromatic carbocycles. The second kappa shape index (κ2) is 8.64. The van der Waals surface area contributed by atoms with Crippen LogP contribution in [0, 0.1) is 6.92 Å². The molecule has 144 valence electrons. The van der Waals surface area contributed by atoms with Crippen LogP contribution in [-0.4, -0.2) is 49.8 Å². The number of sulfonamides is 1. The van der Waals surface area contributed by atoms with Crippen molar-refractivity contribution in [2.75, 3.05) is 13.1 Å². The van der Waals surface area contributed by atoms with E-state index < -0.39 is 34.0 Å². The van der Waals surface area contributed by atoms with Crippen LogP contribution in [0.5, 0.6) is 0 Å². The Morgan fingerprint density at radius 1 is 1.27 bits per heavy atom. The first kappa shape index (κ1) is 20.4. The smallest absolute Gasteiger partial charge is 0.325 e. The van der Waals surface area contributed by atoms with Crippen LogP contribution in [0.15, 0.2) is 29.2 Å². The van der Waals surface area contributed by atoms with Crippen LogP contribution < -0.4 is 5.32 Å². The van der Waals surface area contributed by atoms with Crippen LogP contribution in [-0.2, 0) is 24.3 Å². The highest BCUT2D eigenvalue weighted by Crippen LogP contribution is 2.26. The normalized spacial score (nSPS) is 19.6. The van der Waals surface area contributed by atoms with E-state index >= 15 is 0 Å². The molecule has 0 aromatic heterocycles. The summed E-state index contributed by atoms with van der Waals surface area (Å²) >= 11 is 0. The van der Waals surface area contributed by atoms with Crippen molar-refractivity contribution in [3.05, 3.63) is 29.8 Å². The van der Waals surface area contributed by atoms with Gasteiger partial charge in [0.2, 0.25) is 10.0 Å². The Balaban J connectivity index is 2.19. The van der Waals surface area contributed by atoms with E-state index in [9.17, 15) is 18.0 Å². The van der Waals surface area contributed by atoms with E-state index in [0.717, 1.165) is 12.0 Å². The first-order chi connectivity index (χ1) is 12.3. The van der Waals surface area contributed by atoms with Gasteiger partial charge in [0.25, 0.3) is 5.91 Å². The molecule has 1 amide bonds. The molecule has 0 radical (unpaired) electrons. The molecule has 7 nitrogen and oxygen atoms in total. The number of aryl methyl sites for hydroxylation is 1. The average Bonchev–Trinajstić information content (AvgIpc) is 2.62. The number of carbonyl (C=O) groups excluding carboxylic acids is 2. The van der Waals surface area contributed by atoms with E-state index in [2.05, 4.69) is 5.32 Å². The molecule has 2 atom stereocenters. The van der Waals surface area contributed by atoms with E-state index in [0.29, 0.717) is 19.4 Å². The molecule has 1 aliphatic rings. The molecule has 0 bridgehead atoms. The molecule has 0 unspecified atom stereocenters. The van der Waals surface area contributed by atoms with Crippen molar-refractivity contribution in [1.29, 1.82) is 0 Å². The van der Waals surface area contributed by atoms with Crippen molar-refractivity contribution < 1.29 is 22.7 Å². The van der Waals surface area contributed by atoms with Crippen LogP contribution >= 0.6 is 0 Å². The van der Waals surface area contributed by atoms with E-state index in [1.165, 1.54) is 11.2 Å². The Morgan fingerprint density at radius 2 is 1.92 bits per heavy atom. The Hall–Kier alpha value is -1.93. The van der Waals surface area contributed by atoms with E-state index in [-0.39, 0.29) is 11.4 Å². The minimum absolute atomic E-state index is 0.152. The van der Waals surface area contributed by atoms with Crippen LogP contribution in [0.25, 0.3) is 0 Å². The van der Waals surface area contributed by atoms with E-state index in [1.54, 1.807) is 31.2 Å². The molecule has 1 fully saturated rings. The molecule has 26 heavy (non-hydrogen) atoms. The molecule has 0 saturated carbocycles. The highest BCUT2D eigenvalue weighted by atomic mass is 32.2. The van der Waals surface area contributed by atoms with Crippen LogP contribution in [0.3, 0.4) is 0 Å². The summed E-state index contributed by atoms with van der Waals surface area (Å²) in [6.45, 7) is 5.80. The molecule has 1 heterocycles. The number of ether oxygens (including phenoxy) is 1. The third kappa shape index (κ3) is 4.62. The SMILES string of the molecule is CCNC(=O)[C@@H](C)OC(=O)[C@H]1CCCCN1S(=O)(=O)c1ccc(C)cc1. The van der Waals surface area contributed by atoms with Crippen molar-refractivity contribution in [2.24, 2.45) is 0 Å². The maximum Gasteiger partial charge on any atom is 0.325 e. The number of amides is 1. The molecule has 1 saturated heterocycles. The summed E-state index contributed by atoms with van der Waals surface area (Å²) in [6, 6.07) is 5.62. The van der Waals surface area contributed by atoms with Gasteiger partial charge in [-0.25, -0.2) is 8.42 Å². The van der Waals surface area contributed by atoms with Crippen molar-refractivity contribution in [3.8, 4) is 0 Å². The zero-order chi connectivity index (χ0) is 19.3. The van der Waals surface area contributed by atoms with Crippen LogP contribution in [0.1, 0.15) is 38.7 Å². The molecule has 1 aliphatic heterocycles. The third-order valence-electron chi connectivity index (χ3n) is 4.37. The highest BCUT2D eigenvalue weighted by molar-refractivity contribution is 7.89. The van der Waals surface area contributed by atoms with Gasteiger partial charge in [-0.3, -0.25) is 9.59 Å². The average molecular weight is 382 g/mol. The number of hydrogen-bond acceptors (Lipinski definition) is 5. The second-order valence-corrected chi connectivity index (χ2v) is 8.30. The fourth-order valence-electron chi connectivity index (χ4n) is 2.90. The van der Waals surface area contributed by atoms with Gasteiger partial charge in [-0.1, -0.05) is 17.7 Å². The largest absolute Gasteiger partial charge is 0.451 e. The topological polar surface area (TPSA) is 92.8 Å².